The van der Waals surface area contributed by atoms with E-state index in [4.69, 9.17) is 4.52 Å². The lowest BCUT2D eigenvalue weighted by atomic mass is 10.1. The summed E-state index contributed by atoms with van der Waals surface area (Å²) in [5.74, 6) is -2.87. The van der Waals surface area contributed by atoms with Crippen LogP contribution in [0, 0.1) is 18.6 Å². The Morgan fingerprint density at radius 1 is 1.10 bits per heavy atom. The average molecular weight is 428 g/mol. The van der Waals surface area contributed by atoms with Crippen LogP contribution in [0.1, 0.15) is 34.8 Å². The molecule has 4 rings (SSSR count). The van der Waals surface area contributed by atoms with Gasteiger partial charge in [-0.25, -0.2) is 8.78 Å². The molecule has 1 aliphatic heterocycles. The molecule has 0 spiro atoms. The zero-order valence-electron chi connectivity index (χ0n) is 17.2. The molecule has 162 valence electrons. The number of aryl methyl sites for hydroxylation is 1. The van der Waals surface area contributed by atoms with E-state index in [1.807, 2.05) is 38.1 Å². The molecule has 3 aromatic rings. The van der Waals surface area contributed by atoms with Gasteiger partial charge in [0.25, 0.3) is 5.91 Å². The van der Waals surface area contributed by atoms with Gasteiger partial charge in [0.05, 0.1) is 6.04 Å². The van der Waals surface area contributed by atoms with Gasteiger partial charge in [-0.1, -0.05) is 35.0 Å². The summed E-state index contributed by atoms with van der Waals surface area (Å²) < 4.78 is 32.6. The third kappa shape index (κ3) is 4.27. The topological polar surface area (TPSA) is 82.7 Å². The lowest BCUT2D eigenvalue weighted by molar-refractivity contribution is 0.0550. The van der Waals surface area contributed by atoms with Crippen LogP contribution in [0.15, 0.2) is 40.9 Å². The van der Waals surface area contributed by atoms with Crippen LogP contribution in [-0.2, 0) is 0 Å². The van der Waals surface area contributed by atoms with Crippen LogP contribution < -0.4 is 0 Å². The van der Waals surface area contributed by atoms with Crippen LogP contribution in [0.2, 0.25) is 0 Å². The fraction of sp³-hybridized carbons (Fsp3) is 0.318. The van der Waals surface area contributed by atoms with Gasteiger partial charge >= 0.3 is 0 Å². The minimum absolute atomic E-state index is 0.131. The summed E-state index contributed by atoms with van der Waals surface area (Å²) in [4.78, 5) is 20.7. The Labute approximate surface area is 177 Å². The third-order valence-electron chi connectivity index (χ3n) is 5.52. The Morgan fingerprint density at radius 2 is 1.71 bits per heavy atom. The SMILES string of the molecule is Cc1ccc(-c2noc(C(C)N3CCN(C(=O)c4cc(F)c(O)c(F)c4)CC3)n2)cc1. The molecule has 1 fully saturated rings. The minimum atomic E-state index is -1.16. The van der Waals surface area contributed by atoms with Crippen LogP contribution in [-0.4, -0.2) is 57.1 Å². The molecule has 1 saturated heterocycles. The van der Waals surface area contributed by atoms with Crippen molar-refractivity contribution in [3.63, 3.8) is 0 Å². The van der Waals surface area contributed by atoms with E-state index in [9.17, 15) is 18.7 Å². The maximum absolute atomic E-state index is 13.6. The molecule has 1 N–H and O–H groups in total. The smallest absolute Gasteiger partial charge is 0.254 e. The normalized spacial score (nSPS) is 15.8. The van der Waals surface area contributed by atoms with Crippen molar-refractivity contribution in [2.75, 3.05) is 26.2 Å². The minimum Gasteiger partial charge on any atom is -0.503 e. The second-order valence-electron chi connectivity index (χ2n) is 7.61. The van der Waals surface area contributed by atoms with Crippen molar-refractivity contribution in [2.45, 2.75) is 19.9 Å². The van der Waals surface area contributed by atoms with E-state index in [2.05, 4.69) is 15.0 Å². The first-order chi connectivity index (χ1) is 14.8. The molecule has 2 aromatic carbocycles. The number of halogens is 2. The molecule has 1 atom stereocenters. The summed E-state index contributed by atoms with van der Waals surface area (Å²) in [6.45, 7) is 5.80. The van der Waals surface area contributed by atoms with Crippen LogP contribution in [0.3, 0.4) is 0 Å². The van der Waals surface area contributed by atoms with Crippen molar-refractivity contribution in [2.24, 2.45) is 0 Å². The van der Waals surface area contributed by atoms with Crippen LogP contribution >= 0.6 is 0 Å². The number of carbonyl (C=O) groups excluding carboxylic acids is 1. The Morgan fingerprint density at radius 3 is 2.32 bits per heavy atom. The Balaban J connectivity index is 1.39. The Hall–Kier alpha value is -3.33. The van der Waals surface area contributed by atoms with E-state index in [0.717, 1.165) is 23.3 Å². The van der Waals surface area contributed by atoms with Gasteiger partial charge in [0.15, 0.2) is 17.4 Å². The number of hydrogen-bond acceptors (Lipinski definition) is 6. The molecule has 7 nitrogen and oxygen atoms in total. The molecular weight excluding hydrogens is 406 g/mol. The lowest BCUT2D eigenvalue weighted by Gasteiger charge is -2.36. The predicted octanol–water partition coefficient (Wildman–Crippen LogP) is 3.55. The van der Waals surface area contributed by atoms with E-state index in [1.54, 1.807) is 0 Å². The molecule has 0 bridgehead atoms. The molecular formula is C22H22F2N4O3. The van der Waals surface area contributed by atoms with Gasteiger partial charge in [0, 0.05) is 37.3 Å². The molecule has 0 aliphatic carbocycles. The summed E-state index contributed by atoms with van der Waals surface area (Å²) in [7, 11) is 0. The van der Waals surface area contributed by atoms with Crippen LogP contribution in [0.25, 0.3) is 11.4 Å². The maximum Gasteiger partial charge on any atom is 0.254 e. The molecule has 1 amide bonds. The van der Waals surface area contributed by atoms with E-state index in [0.29, 0.717) is 37.9 Å². The summed E-state index contributed by atoms with van der Waals surface area (Å²) in [6.07, 6.45) is 0. The first-order valence-corrected chi connectivity index (χ1v) is 9.95. The van der Waals surface area contributed by atoms with E-state index in [1.165, 1.54) is 4.90 Å². The summed E-state index contributed by atoms with van der Waals surface area (Å²) >= 11 is 0. The fourth-order valence-electron chi connectivity index (χ4n) is 3.56. The monoisotopic (exact) mass is 428 g/mol. The molecule has 1 unspecified atom stereocenters. The molecule has 31 heavy (non-hydrogen) atoms. The molecule has 0 radical (unpaired) electrons. The van der Waals surface area contributed by atoms with E-state index < -0.39 is 23.3 Å². The van der Waals surface area contributed by atoms with Gasteiger partial charge < -0.3 is 14.5 Å². The van der Waals surface area contributed by atoms with Gasteiger partial charge in [-0.15, -0.1) is 0 Å². The summed E-state index contributed by atoms with van der Waals surface area (Å²) in [5.41, 5.74) is 1.89. The number of benzene rings is 2. The number of amides is 1. The number of aromatic hydroxyl groups is 1. The van der Waals surface area contributed by atoms with Crippen molar-refractivity contribution < 1.29 is 23.2 Å². The largest absolute Gasteiger partial charge is 0.503 e. The van der Waals surface area contributed by atoms with Gasteiger partial charge in [0.1, 0.15) is 0 Å². The van der Waals surface area contributed by atoms with Crippen LogP contribution in [0.5, 0.6) is 5.75 Å². The van der Waals surface area contributed by atoms with E-state index >= 15 is 0 Å². The Bertz CT molecular complexity index is 1070. The highest BCUT2D eigenvalue weighted by atomic mass is 19.1. The molecule has 1 aromatic heterocycles. The van der Waals surface area contributed by atoms with Gasteiger partial charge in [-0.2, -0.15) is 4.98 Å². The molecule has 1 aliphatic rings. The zero-order valence-corrected chi connectivity index (χ0v) is 17.2. The van der Waals surface area contributed by atoms with E-state index in [-0.39, 0.29) is 11.6 Å². The Kier molecular flexibility index (Phi) is 5.69. The second-order valence-corrected chi connectivity index (χ2v) is 7.61. The highest BCUT2D eigenvalue weighted by Crippen LogP contribution is 2.25. The summed E-state index contributed by atoms with van der Waals surface area (Å²) in [6, 6.07) is 9.39. The fourth-order valence-corrected chi connectivity index (χ4v) is 3.56. The third-order valence-corrected chi connectivity index (χ3v) is 5.52. The number of hydrogen-bond donors (Lipinski definition) is 1. The van der Waals surface area contributed by atoms with Crippen molar-refractivity contribution >= 4 is 5.91 Å². The number of phenols is 1. The van der Waals surface area contributed by atoms with Crippen molar-refractivity contribution in [1.29, 1.82) is 0 Å². The molecule has 0 saturated carbocycles. The van der Waals surface area contributed by atoms with Gasteiger partial charge in [-0.3, -0.25) is 9.69 Å². The molecule has 9 heteroatoms. The van der Waals surface area contributed by atoms with Crippen LogP contribution in [0.4, 0.5) is 8.78 Å². The van der Waals surface area contributed by atoms with Gasteiger partial charge in [0.2, 0.25) is 11.7 Å². The lowest BCUT2D eigenvalue weighted by Crippen LogP contribution is -2.49. The predicted molar refractivity (Wildman–Crippen MR) is 108 cm³/mol. The second kappa shape index (κ2) is 8.43. The number of phenolic OH excluding ortho intramolecular Hbond substituents is 1. The van der Waals surface area contributed by atoms with Gasteiger partial charge in [-0.05, 0) is 26.0 Å². The van der Waals surface area contributed by atoms with Crippen molar-refractivity contribution in [3.8, 4) is 17.1 Å². The zero-order chi connectivity index (χ0) is 22.1. The van der Waals surface area contributed by atoms with Crippen molar-refractivity contribution in [1.82, 2.24) is 19.9 Å². The number of piperazine rings is 1. The first-order valence-electron chi connectivity index (χ1n) is 9.95. The maximum atomic E-state index is 13.6. The first kappa shape index (κ1) is 20.9. The summed E-state index contributed by atoms with van der Waals surface area (Å²) in [5, 5.41) is 13.3. The highest BCUT2D eigenvalue weighted by molar-refractivity contribution is 5.94. The quantitative estimate of drug-likeness (QED) is 0.684. The number of carbonyl (C=O) groups is 1. The number of aromatic nitrogens is 2. The highest BCUT2D eigenvalue weighted by Gasteiger charge is 2.29. The standard InChI is InChI=1S/C22H22F2N4O3/c1-13-3-5-15(6-4-13)20-25-21(31-26-20)14(2)27-7-9-28(10-8-27)22(30)16-11-17(23)19(29)18(24)12-16/h3-6,11-12,14,29H,7-10H2,1-2H3. The molecule has 2 heterocycles. The average Bonchev–Trinajstić information content (AvgIpc) is 3.27. The van der Waals surface area contributed by atoms with Crippen molar-refractivity contribution in [3.05, 3.63) is 65.1 Å². The number of nitrogens with zero attached hydrogens (tertiary/aromatic N) is 4. The number of rotatable bonds is 4.